The summed E-state index contributed by atoms with van der Waals surface area (Å²) in [6.07, 6.45) is 0. The average molecular weight is 280 g/mol. The molecule has 1 aromatic carbocycles. The van der Waals surface area contributed by atoms with Gasteiger partial charge in [-0.1, -0.05) is 0 Å². The van der Waals surface area contributed by atoms with Crippen molar-refractivity contribution in [1.29, 1.82) is 0 Å². The van der Waals surface area contributed by atoms with Crippen molar-refractivity contribution in [1.82, 2.24) is 10.2 Å². The summed E-state index contributed by atoms with van der Waals surface area (Å²) in [6, 6.07) is 5.20. The summed E-state index contributed by atoms with van der Waals surface area (Å²) in [5, 5.41) is 6.18. The van der Waals surface area contributed by atoms with Crippen molar-refractivity contribution in [3.8, 4) is 11.5 Å². The molecule has 2 rings (SSSR count). The zero-order valence-electron chi connectivity index (χ0n) is 8.71. The Hall–Kier alpha value is -0.510. The molecule has 0 bridgehead atoms. The smallest absolute Gasteiger partial charge is 0.744 e. The predicted octanol–water partition coefficient (Wildman–Crippen LogP) is -1.69. The largest absolute Gasteiger partial charge is 1.00 e. The SMILES string of the molecule is O=S(=O)([O-])c1ccc(-c2n[nH]c(=S)o2)cc1.[Na+]. The van der Waals surface area contributed by atoms with Crippen LogP contribution >= 0.6 is 12.2 Å². The fourth-order valence-electron chi connectivity index (χ4n) is 1.12. The molecule has 6 nitrogen and oxygen atoms in total. The van der Waals surface area contributed by atoms with Crippen LogP contribution in [0.2, 0.25) is 0 Å². The van der Waals surface area contributed by atoms with Gasteiger partial charge >= 0.3 is 29.6 Å². The molecule has 0 unspecified atom stereocenters. The minimum Gasteiger partial charge on any atom is -0.744 e. The van der Waals surface area contributed by atoms with Gasteiger partial charge in [0.15, 0.2) is 0 Å². The number of nitrogens with one attached hydrogen (secondary N) is 1. The molecule has 1 N–H and O–H groups in total. The Bertz CT molecular complexity index is 659. The minimum absolute atomic E-state index is 0. The van der Waals surface area contributed by atoms with Crippen LogP contribution in [0.1, 0.15) is 0 Å². The van der Waals surface area contributed by atoms with Crippen LogP contribution in [0.25, 0.3) is 11.5 Å². The summed E-state index contributed by atoms with van der Waals surface area (Å²) < 4.78 is 37.0. The van der Waals surface area contributed by atoms with Crippen LogP contribution in [0, 0.1) is 4.84 Å². The Kier molecular flexibility index (Phi) is 4.64. The van der Waals surface area contributed by atoms with Crippen molar-refractivity contribution in [2.24, 2.45) is 0 Å². The van der Waals surface area contributed by atoms with Gasteiger partial charge in [-0.3, -0.25) is 0 Å². The summed E-state index contributed by atoms with van der Waals surface area (Å²) in [5.74, 6) is 0.236. The summed E-state index contributed by atoms with van der Waals surface area (Å²) in [4.78, 5) is -0.180. The molecule has 0 fully saturated rings. The van der Waals surface area contributed by atoms with Crippen LogP contribution in [-0.2, 0) is 10.1 Å². The predicted molar refractivity (Wildman–Crippen MR) is 55.1 cm³/mol. The standard InChI is InChI=1S/C8H6N2O4S2.Na/c11-16(12,13)6-3-1-5(2-4-6)7-9-10-8(15)14-7;/h1-4H,(H,10,15)(H,11,12,13);/q;+1/p-1. The number of nitrogens with zero attached hydrogens (tertiary/aromatic N) is 1. The Morgan fingerprint density at radius 3 is 2.29 bits per heavy atom. The fourth-order valence-corrected chi connectivity index (χ4v) is 1.71. The van der Waals surface area contributed by atoms with E-state index in [0.717, 1.165) is 0 Å². The zero-order chi connectivity index (χ0) is 11.8. The molecule has 0 amide bonds. The molecule has 0 atom stereocenters. The van der Waals surface area contributed by atoms with Crippen molar-refractivity contribution >= 4 is 22.3 Å². The summed E-state index contributed by atoms with van der Waals surface area (Å²) >= 11 is 4.69. The molecule has 0 saturated carbocycles. The Morgan fingerprint density at radius 2 is 1.88 bits per heavy atom. The van der Waals surface area contributed by atoms with Gasteiger partial charge in [0.25, 0.3) is 4.84 Å². The van der Waals surface area contributed by atoms with Gasteiger partial charge < -0.3 is 8.97 Å². The number of hydrogen-bond donors (Lipinski definition) is 1. The number of H-pyrrole nitrogens is 1. The molecule has 0 spiro atoms. The van der Waals surface area contributed by atoms with E-state index in [1.807, 2.05) is 0 Å². The first-order valence-corrected chi connectivity index (χ1v) is 5.90. The van der Waals surface area contributed by atoms with E-state index in [1.54, 1.807) is 0 Å². The van der Waals surface area contributed by atoms with Gasteiger partial charge in [-0.05, 0) is 36.5 Å². The maximum Gasteiger partial charge on any atom is 1.00 e. The van der Waals surface area contributed by atoms with Crippen LogP contribution in [0.15, 0.2) is 33.6 Å². The maximum absolute atomic E-state index is 10.7. The third-order valence-electron chi connectivity index (χ3n) is 1.83. The molecule has 0 radical (unpaired) electrons. The number of benzene rings is 1. The van der Waals surface area contributed by atoms with Crippen molar-refractivity contribution in [3.63, 3.8) is 0 Å². The first-order valence-electron chi connectivity index (χ1n) is 4.09. The maximum atomic E-state index is 10.7. The van der Waals surface area contributed by atoms with Crippen LogP contribution in [-0.4, -0.2) is 23.2 Å². The molecular weight excluding hydrogens is 275 g/mol. The van der Waals surface area contributed by atoms with Gasteiger partial charge in [0.05, 0.1) is 4.90 Å². The number of aromatic nitrogens is 2. The Labute approximate surface area is 124 Å². The van der Waals surface area contributed by atoms with E-state index in [-0.39, 0.29) is 45.2 Å². The molecular formula is C8H5N2NaO4S2. The zero-order valence-corrected chi connectivity index (χ0v) is 12.3. The average Bonchev–Trinajstić information content (AvgIpc) is 2.64. The van der Waals surface area contributed by atoms with E-state index >= 15 is 0 Å². The van der Waals surface area contributed by atoms with Gasteiger partial charge in [-0.2, -0.15) is 0 Å². The van der Waals surface area contributed by atoms with E-state index in [0.29, 0.717) is 5.56 Å². The monoisotopic (exact) mass is 280 g/mol. The van der Waals surface area contributed by atoms with Crippen molar-refractivity contribution in [2.45, 2.75) is 4.90 Å². The van der Waals surface area contributed by atoms with Crippen molar-refractivity contribution < 1.29 is 46.9 Å². The van der Waals surface area contributed by atoms with Crippen molar-refractivity contribution in [3.05, 3.63) is 29.1 Å². The van der Waals surface area contributed by atoms with E-state index in [9.17, 15) is 13.0 Å². The first kappa shape index (κ1) is 14.6. The van der Waals surface area contributed by atoms with Gasteiger partial charge in [0.2, 0.25) is 5.89 Å². The minimum atomic E-state index is -4.43. The molecule has 0 aliphatic rings. The molecule has 2 aromatic rings. The van der Waals surface area contributed by atoms with Crippen LogP contribution in [0.3, 0.4) is 0 Å². The molecule has 17 heavy (non-hydrogen) atoms. The van der Waals surface area contributed by atoms with Gasteiger partial charge in [0, 0.05) is 5.56 Å². The topological polar surface area (TPSA) is 99.0 Å². The van der Waals surface area contributed by atoms with Crippen LogP contribution < -0.4 is 29.6 Å². The molecule has 9 heteroatoms. The molecule has 0 saturated heterocycles. The molecule has 84 valence electrons. The number of hydrogen-bond acceptors (Lipinski definition) is 6. The first-order chi connectivity index (χ1) is 7.47. The fraction of sp³-hybridized carbons (Fsp3) is 0. The van der Waals surface area contributed by atoms with Crippen LogP contribution in [0.4, 0.5) is 0 Å². The van der Waals surface area contributed by atoms with E-state index in [4.69, 9.17) is 4.42 Å². The second-order valence-corrected chi connectivity index (χ2v) is 4.65. The molecule has 0 aliphatic heterocycles. The second-order valence-electron chi connectivity index (χ2n) is 2.90. The van der Waals surface area contributed by atoms with E-state index in [1.165, 1.54) is 24.3 Å². The summed E-state index contributed by atoms with van der Waals surface area (Å²) in [7, 11) is -4.43. The molecule has 1 aromatic heterocycles. The Morgan fingerprint density at radius 1 is 1.29 bits per heavy atom. The number of aromatic amines is 1. The van der Waals surface area contributed by atoms with Crippen molar-refractivity contribution in [2.75, 3.05) is 0 Å². The van der Waals surface area contributed by atoms with Gasteiger partial charge in [-0.25, -0.2) is 13.5 Å². The van der Waals surface area contributed by atoms with E-state index < -0.39 is 10.1 Å². The quantitative estimate of drug-likeness (QED) is 0.400. The Balaban J connectivity index is 0.00000144. The molecule has 1 heterocycles. The van der Waals surface area contributed by atoms with E-state index in [2.05, 4.69) is 22.4 Å². The second kappa shape index (κ2) is 5.42. The summed E-state index contributed by atoms with van der Waals surface area (Å²) in [6.45, 7) is 0. The summed E-state index contributed by atoms with van der Waals surface area (Å²) in [5.41, 5.74) is 0.528. The van der Waals surface area contributed by atoms with Crippen LogP contribution in [0.5, 0.6) is 0 Å². The third kappa shape index (κ3) is 3.47. The van der Waals surface area contributed by atoms with Gasteiger partial charge in [-0.15, -0.1) is 5.10 Å². The number of rotatable bonds is 2. The van der Waals surface area contributed by atoms with Gasteiger partial charge in [0.1, 0.15) is 10.1 Å². The third-order valence-corrected chi connectivity index (χ3v) is 2.85. The molecule has 0 aliphatic carbocycles. The normalized spacial score (nSPS) is 10.9.